The van der Waals surface area contributed by atoms with E-state index in [1.54, 1.807) is 6.92 Å². The minimum Gasteiger partial charge on any atom is -0.466 e. The smallest absolute Gasteiger partial charge is 0.404 e. The summed E-state index contributed by atoms with van der Waals surface area (Å²) in [4.78, 5) is 20.7. The number of halogens is 1. The Balaban J connectivity index is 0.000000321. The number of esters is 1. The zero-order chi connectivity index (χ0) is 13.8. The first kappa shape index (κ1) is 17.2. The molecule has 1 rings (SSSR count). The number of hydrogen-bond donors (Lipinski definition) is 1. The summed E-state index contributed by atoms with van der Waals surface area (Å²) < 4.78 is 9.39. The number of carbonyl (C=O) groups excluding carboxylic acids is 2. The van der Waals surface area contributed by atoms with E-state index in [1.807, 2.05) is 0 Å². The SMILES string of the molecule is CCOC(=O)CCCN.O=C(Cl)OC1CCCC1. The molecule has 5 nitrogen and oxygen atoms in total. The molecule has 0 aliphatic heterocycles. The van der Waals surface area contributed by atoms with Crippen molar-refractivity contribution in [2.24, 2.45) is 5.73 Å². The summed E-state index contributed by atoms with van der Waals surface area (Å²) in [5, 5.41) is 0. The number of nitrogens with two attached hydrogens (primary N) is 1. The van der Waals surface area contributed by atoms with Crippen LogP contribution in [-0.2, 0) is 14.3 Å². The standard InChI is InChI=1S/C6H9ClO2.C6H13NO2/c7-6(8)9-5-3-1-2-4-5;1-2-9-6(8)4-3-5-7/h5H,1-4H2;2-5,7H2,1H3. The van der Waals surface area contributed by atoms with Crippen LogP contribution >= 0.6 is 11.6 Å². The maximum atomic E-state index is 10.5. The number of carbonyl (C=O) groups is 2. The molecule has 106 valence electrons. The molecule has 0 amide bonds. The minimum absolute atomic E-state index is 0.106. The molecule has 0 saturated heterocycles. The van der Waals surface area contributed by atoms with Gasteiger partial charge in [0.2, 0.25) is 0 Å². The van der Waals surface area contributed by atoms with Gasteiger partial charge in [-0.1, -0.05) is 0 Å². The quantitative estimate of drug-likeness (QED) is 0.618. The third-order valence-electron chi connectivity index (χ3n) is 2.45. The van der Waals surface area contributed by atoms with Gasteiger partial charge in [0.1, 0.15) is 6.10 Å². The van der Waals surface area contributed by atoms with E-state index in [1.165, 1.54) is 0 Å². The topological polar surface area (TPSA) is 78.6 Å². The number of hydrogen-bond acceptors (Lipinski definition) is 5. The lowest BCUT2D eigenvalue weighted by atomic mass is 10.3. The van der Waals surface area contributed by atoms with Gasteiger partial charge in [0.15, 0.2) is 0 Å². The van der Waals surface area contributed by atoms with Gasteiger partial charge >= 0.3 is 11.4 Å². The lowest BCUT2D eigenvalue weighted by Crippen LogP contribution is -2.08. The Labute approximate surface area is 113 Å². The van der Waals surface area contributed by atoms with E-state index >= 15 is 0 Å². The van der Waals surface area contributed by atoms with Crippen LogP contribution in [0, 0.1) is 0 Å². The zero-order valence-electron chi connectivity index (χ0n) is 10.8. The summed E-state index contributed by atoms with van der Waals surface area (Å²) in [7, 11) is 0. The molecule has 1 aliphatic rings. The fraction of sp³-hybridized carbons (Fsp3) is 0.833. The van der Waals surface area contributed by atoms with Gasteiger partial charge in [-0.2, -0.15) is 0 Å². The van der Waals surface area contributed by atoms with Crippen molar-refractivity contribution in [3.63, 3.8) is 0 Å². The Morgan fingerprint density at radius 3 is 2.39 bits per heavy atom. The summed E-state index contributed by atoms with van der Waals surface area (Å²) in [5.41, 5.74) is 4.50. The minimum atomic E-state index is -0.665. The van der Waals surface area contributed by atoms with E-state index in [2.05, 4.69) is 4.74 Å². The zero-order valence-corrected chi connectivity index (χ0v) is 11.6. The second-order valence-corrected chi connectivity index (χ2v) is 4.27. The first-order valence-electron chi connectivity index (χ1n) is 6.32. The Hall–Kier alpha value is -0.810. The van der Waals surface area contributed by atoms with Gasteiger partial charge in [0, 0.05) is 18.0 Å². The van der Waals surface area contributed by atoms with Crippen molar-refractivity contribution in [1.29, 1.82) is 0 Å². The van der Waals surface area contributed by atoms with Crippen molar-refractivity contribution in [2.75, 3.05) is 13.2 Å². The van der Waals surface area contributed by atoms with Crippen molar-refractivity contribution in [3.05, 3.63) is 0 Å². The highest BCUT2D eigenvalue weighted by atomic mass is 35.5. The first-order chi connectivity index (χ1) is 8.60. The monoisotopic (exact) mass is 279 g/mol. The lowest BCUT2D eigenvalue weighted by molar-refractivity contribution is -0.143. The molecule has 0 bridgehead atoms. The molecule has 0 heterocycles. The van der Waals surface area contributed by atoms with Crippen molar-refractivity contribution >= 4 is 23.0 Å². The van der Waals surface area contributed by atoms with Gasteiger partial charge in [0.05, 0.1) is 6.61 Å². The largest absolute Gasteiger partial charge is 0.466 e. The highest BCUT2D eigenvalue weighted by molar-refractivity contribution is 6.61. The molecule has 0 atom stereocenters. The van der Waals surface area contributed by atoms with E-state index in [0.717, 1.165) is 32.1 Å². The predicted octanol–water partition coefficient (Wildman–Crippen LogP) is 2.59. The molecule has 0 aromatic heterocycles. The average Bonchev–Trinajstić information content (AvgIpc) is 2.79. The molecule has 0 radical (unpaired) electrons. The van der Waals surface area contributed by atoms with Gasteiger partial charge in [0.25, 0.3) is 0 Å². The number of ether oxygens (including phenoxy) is 2. The van der Waals surface area contributed by atoms with Crippen LogP contribution in [0.2, 0.25) is 0 Å². The van der Waals surface area contributed by atoms with Crippen molar-refractivity contribution in [3.8, 4) is 0 Å². The van der Waals surface area contributed by atoms with Gasteiger partial charge in [-0.3, -0.25) is 4.79 Å². The maximum Gasteiger partial charge on any atom is 0.404 e. The first-order valence-corrected chi connectivity index (χ1v) is 6.69. The fourth-order valence-corrected chi connectivity index (χ4v) is 1.74. The molecule has 0 unspecified atom stereocenters. The van der Waals surface area contributed by atoms with Crippen LogP contribution in [0.3, 0.4) is 0 Å². The van der Waals surface area contributed by atoms with Crippen molar-refractivity contribution < 1.29 is 19.1 Å². The highest BCUT2D eigenvalue weighted by Crippen LogP contribution is 2.21. The van der Waals surface area contributed by atoms with E-state index in [4.69, 9.17) is 22.1 Å². The summed E-state index contributed by atoms with van der Waals surface area (Å²) >= 11 is 5.00. The predicted molar refractivity (Wildman–Crippen MR) is 69.5 cm³/mol. The van der Waals surface area contributed by atoms with E-state index in [-0.39, 0.29) is 12.1 Å². The molecule has 18 heavy (non-hydrogen) atoms. The molecule has 6 heteroatoms. The van der Waals surface area contributed by atoms with Gasteiger partial charge < -0.3 is 15.2 Å². The average molecular weight is 280 g/mol. The fourth-order valence-electron chi connectivity index (χ4n) is 1.62. The Morgan fingerprint density at radius 1 is 1.33 bits per heavy atom. The van der Waals surface area contributed by atoms with Crippen LogP contribution in [0.5, 0.6) is 0 Å². The summed E-state index contributed by atoms with van der Waals surface area (Å²) in [5.74, 6) is -0.150. The molecular weight excluding hydrogens is 258 g/mol. The molecular formula is C12H22ClNO4. The third-order valence-corrected chi connectivity index (χ3v) is 2.54. The summed E-state index contributed by atoms with van der Waals surface area (Å²) in [6.45, 7) is 2.81. The Kier molecular flexibility index (Phi) is 10.8. The molecule has 1 fully saturated rings. The maximum absolute atomic E-state index is 10.5. The second-order valence-electron chi connectivity index (χ2n) is 3.96. The Morgan fingerprint density at radius 2 is 1.94 bits per heavy atom. The van der Waals surface area contributed by atoms with Crippen LogP contribution in [0.1, 0.15) is 45.4 Å². The van der Waals surface area contributed by atoms with Crippen LogP contribution < -0.4 is 5.73 Å². The lowest BCUT2D eigenvalue weighted by Gasteiger charge is -2.05. The van der Waals surface area contributed by atoms with Crippen LogP contribution in [0.25, 0.3) is 0 Å². The molecule has 1 aliphatic carbocycles. The van der Waals surface area contributed by atoms with Crippen LogP contribution in [0.15, 0.2) is 0 Å². The third kappa shape index (κ3) is 10.4. The Bertz CT molecular complexity index is 242. The summed E-state index contributed by atoms with van der Waals surface area (Å²) in [6, 6.07) is 0. The van der Waals surface area contributed by atoms with Crippen LogP contribution in [-0.4, -0.2) is 30.7 Å². The van der Waals surface area contributed by atoms with Crippen LogP contribution in [0.4, 0.5) is 4.79 Å². The van der Waals surface area contributed by atoms with Crippen molar-refractivity contribution in [1.82, 2.24) is 0 Å². The van der Waals surface area contributed by atoms with Gasteiger partial charge in [-0.15, -0.1) is 0 Å². The molecule has 1 saturated carbocycles. The van der Waals surface area contributed by atoms with E-state index in [9.17, 15) is 9.59 Å². The van der Waals surface area contributed by atoms with Crippen molar-refractivity contribution in [2.45, 2.75) is 51.6 Å². The molecule has 0 aromatic carbocycles. The second kappa shape index (κ2) is 11.3. The molecule has 0 spiro atoms. The van der Waals surface area contributed by atoms with Gasteiger partial charge in [-0.25, -0.2) is 4.79 Å². The summed E-state index contributed by atoms with van der Waals surface area (Å²) in [6.07, 6.45) is 5.57. The van der Waals surface area contributed by atoms with Gasteiger partial charge in [-0.05, 0) is 45.6 Å². The normalized spacial score (nSPS) is 14.6. The highest BCUT2D eigenvalue weighted by Gasteiger charge is 2.17. The molecule has 2 N–H and O–H groups in total. The van der Waals surface area contributed by atoms with E-state index < -0.39 is 5.43 Å². The van der Waals surface area contributed by atoms with E-state index in [0.29, 0.717) is 19.6 Å². The number of rotatable bonds is 5. The molecule has 0 aromatic rings.